The molecule has 3 amide bonds. The molecule has 3 N–H and O–H groups in total. The van der Waals surface area contributed by atoms with Crippen molar-refractivity contribution in [2.24, 2.45) is 5.92 Å². The fourth-order valence-corrected chi connectivity index (χ4v) is 1.94. The van der Waals surface area contributed by atoms with E-state index in [4.69, 9.17) is 11.6 Å². The minimum atomic E-state index is -0.709. The van der Waals surface area contributed by atoms with Gasteiger partial charge >= 0.3 is 0 Å². The predicted molar refractivity (Wildman–Crippen MR) is 89.2 cm³/mol. The Morgan fingerprint density at radius 2 is 1.57 bits per heavy atom. The molecule has 0 heterocycles. The van der Waals surface area contributed by atoms with E-state index in [1.807, 2.05) is 0 Å². The van der Waals surface area contributed by atoms with Crippen molar-refractivity contribution in [3.8, 4) is 0 Å². The molecule has 0 aliphatic rings. The van der Waals surface area contributed by atoms with Crippen LogP contribution < -0.4 is 16.0 Å². The van der Waals surface area contributed by atoms with Crippen LogP contribution in [0.2, 0.25) is 5.02 Å². The first kappa shape index (κ1) is 19.0. The molecule has 7 heteroatoms. The van der Waals surface area contributed by atoms with Crippen molar-refractivity contribution in [3.63, 3.8) is 0 Å². The second-order valence-electron chi connectivity index (χ2n) is 5.41. The third kappa shape index (κ3) is 6.28. The van der Waals surface area contributed by atoms with E-state index < -0.39 is 11.9 Å². The van der Waals surface area contributed by atoms with Crippen LogP contribution in [0, 0.1) is 5.92 Å². The number of hydrogen-bond donors (Lipinski definition) is 3. The molecular weight excluding hydrogens is 318 g/mol. The number of hydrogen-bond acceptors (Lipinski definition) is 3. The quantitative estimate of drug-likeness (QED) is 0.655. The molecule has 1 unspecified atom stereocenters. The lowest BCUT2D eigenvalue weighted by molar-refractivity contribution is -0.125. The van der Waals surface area contributed by atoms with Crippen molar-refractivity contribution in [2.75, 3.05) is 13.1 Å². The molecule has 0 aliphatic heterocycles. The van der Waals surface area contributed by atoms with E-state index in [0.717, 1.165) is 0 Å². The van der Waals surface area contributed by atoms with Gasteiger partial charge in [0.2, 0.25) is 11.8 Å². The topological polar surface area (TPSA) is 87.3 Å². The number of benzene rings is 1. The number of halogens is 1. The van der Waals surface area contributed by atoms with E-state index in [1.165, 1.54) is 0 Å². The van der Waals surface area contributed by atoms with Crippen molar-refractivity contribution in [2.45, 2.75) is 26.8 Å². The van der Waals surface area contributed by atoms with Crippen molar-refractivity contribution in [1.82, 2.24) is 16.0 Å². The van der Waals surface area contributed by atoms with Gasteiger partial charge in [-0.1, -0.05) is 37.6 Å². The third-order valence-electron chi connectivity index (χ3n) is 3.11. The minimum absolute atomic E-state index is 0.0701. The Kier molecular flexibility index (Phi) is 7.54. The maximum Gasteiger partial charge on any atom is 0.253 e. The van der Waals surface area contributed by atoms with Crippen LogP contribution >= 0.6 is 11.6 Å². The fourth-order valence-electron chi connectivity index (χ4n) is 1.71. The highest BCUT2D eigenvalue weighted by Gasteiger charge is 2.17. The van der Waals surface area contributed by atoms with Gasteiger partial charge in [-0.25, -0.2) is 0 Å². The summed E-state index contributed by atoms with van der Waals surface area (Å²) in [6.45, 7) is 5.80. The summed E-state index contributed by atoms with van der Waals surface area (Å²) in [5.41, 5.74) is 0.318. The maximum atomic E-state index is 12.0. The van der Waals surface area contributed by atoms with Gasteiger partial charge in [0.15, 0.2) is 0 Å². The lowest BCUT2D eigenvalue weighted by Crippen LogP contribution is -2.46. The Morgan fingerprint density at radius 1 is 1.00 bits per heavy atom. The highest BCUT2D eigenvalue weighted by atomic mass is 35.5. The Balaban J connectivity index is 2.38. The average Bonchev–Trinajstić information content (AvgIpc) is 2.51. The molecule has 1 aromatic carbocycles. The first-order chi connectivity index (χ1) is 10.8. The monoisotopic (exact) mass is 339 g/mol. The summed E-state index contributed by atoms with van der Waals surface area (Å²) in [6.07, 6.45) is 0. The Labute approximate surface area is 141 Å². The van der Waals surface area contributed by atoms with Crippen molar-refractivity contribution < 1.29 is 14.4 Å². The van der Waals surface area contributed by atoms with Crippen LogP contribution in [-0.2, 0) is 9.59 Å². The molecule has 0 bridgehead atoms. The SMILES string of the molecule is CC(C)C(=O)NCCNC(=O)C(C)NC(=O)c1ccccc1Cl. The first-order valence-corrected chi connectivity index (χ1v) is 7.81. The molecule has 0 fully saturated rings. The lowest BCUT2D eigenvalue weighted by atomic mass is 10.2. The number of carbonyl (C=O) groups excluding carboxylic acids is 3. The van der Waals surface area contributed by atoms with Crippen molar-refractivity contribution >= 4 is 29.3 Å². The second kappa shape index (κ2) is 9.15. The number of amides is 3. The largest absolute Gasteiger partial charge is 0.354 e. The zero-order valence-corrected chi connectivity index (χ0v) is 14.2. The van der Waals surface area contributed by atoms with Crippen LogP contribution in [0.1, 0.15) is 31.1 Å². The summed E-state index contributed by atoms with van der Waals surface area (Å²) in [4.78, 5) is 35.3. The Hall–Kier alpha value is -2.08. The highest BCUT2D eigenvalue weighted by molar-refractivity contribution is 6.33. The van der Waals surface area contributed by atoms with Crippen LogP contribution in [0.15, 0.2) is 24.3 Å². The zero-order chi connectivity index (χ0) is 17.4. The Morgan fingerprint density at radius 3 is 2.13 bits per heavy atom. The third-order valence-corrected chi connectivity index (χ3v) is 3.44. The average molecular weight is 340 g/mol. The van der Waals surface area contributed by atoms with Crippen LogP contribution in [-0.4, -0.2) is 36.9 Å². The van der Waals surface area contributed by atoms with Gasteiger partial charge in [0.05, 0.1) is 10.6 Å². The van der Waals surface area contributed by atoms with Gasteiger partial charge in [-0.05, 0) is 19.1 Å². The smallest absolute Gasteiger partial charge is 0.253 e. The molecule has 23 heavy (non-hydrogen) atoms. The molecule has 1 aromatic rings. The molecule has 1 atom stereocenters. The van der Waals surface area contributed by atoms with Crippen LogP contribution in [0.3, 0.4) is 0 Å². The fraction of sp³-hybridized carbons (Fsp3) is 0.438. The molecule has 0 saturated carbocycles. The van der Waals surface area contributed by atoms with E-state index in [1.54, 1.807) is 45.0 Å². The van der Waals surface area contributed by atoms with Crippen LogP contribution in [0.25, 0.3) is 0 Å². The van der Waals surface area contributed by atoms with Gasteiger partial charge in [0, 0.05) is 19.0 Å². The molecule has 1 rings (SSSR count). The standard InChI is InChI=1S/C16H22ClN3O3/c1-10(2)14(21)18-8-9-19-15(22)11(3)20-16(23)12-6-4-5-7-13(12)17/h4-7,10-11H,8-9H2,1-3H3,(H,18,21)(H,19,22)(H,20,23). The molecule has 0 aliphatic carbocycles. The van der Waals surface area contributed by atoms with Gasteiger partial charge in [0.1, 0.15) is 6.04 Å². The predicted octanol–water partition coefficient (Wildman–Crippen LogP) is 1.35. The van der Waals surface area contributed by atoms with E-state index in [0.29, 0.717) is 23.7 Å². The molecule has 0 saturated heterocycles. The zero-order valence-electron chi connectivity index (χ0n) is 13.5. The summed E-state index contributed by atoms with van der Waals surface area (Å²) in [6, 6.07) is 5.91. The van der Waals surface area contributed by atoms with Crippen molar-refractivity contribution in [3.05, 3.63) is 34.9 Å². The first-order valence-electron chi connectivity index (χ1n) is 7.43. The second-order valence-corrected chi connectivity index (χ2v) is 5.82. The van der Waals surface area contributed by atoms with Crippen LogP contribution in [0.4, 0.5) is 0 Å². The summed E-state index contributed by atoms with van der Waals surface area (Å²) in [5, 5.41) is 8.25. The van der Waals surface area contributed by atoms with Crippen molar-refractivity contribution in [1.29, 1.82) is 0 Å². The van der Waals surface area contributed by atoms with Gasteiger partial charge in [-0.15, -0.1) is 0 Å². The Bertz CT molecular complexity index is 575. The molecule has 6 nitrogen and oxygen atoms in total. The summed E-state index contributed by atoms with van der Waals surface area (Å²) in [7, 11) is 0. The van der Waals surface area contributed by atoms with Gasteiger partial charge in [-0.3, -0.25) is 14.4 Å². The van der Waals surface area contributed by atoms with E-state index in [2.05, 4.69) is 16.0 Å². The van der Waals surface area contributed by atoms with Gasteiger partial charge in [0.25, 0.3) is 5.91 Å². The van der Waals surface area contributed by atoms with Crippen LogP contribution in [0.5, 0.6) is 0 Å². The molecule has 0 aromatic heterocycles. The summed E-state index contributed by atoms with van der Waals surface area (Å²) in [5.74, 6) is -0.908. The molecule has 0 spiro atoms. The molecule has 126 valence electrons. The molecular formula is C16H22ClN3O3. The minimum Gasteiger partial charge on any atom is -0.354 e. The highest BCUT2D eigenvalue weighted by Crippen LogP contribution is 2.14. The van der Waals surface area contributed by atoms with Gasteiger partial charge < -0.3 is 16.0 Å². The van der Waals surface area contributed by atoms with E-state index in [9.17, 15) is 14.4 Å². The number of nitrogens with one attached hydrogen (secondary N) is 3. The summed E-state index contributed by atoms with van der Waals surface area (Å²) < 4.78 is 0. The number of rotatable bonds is 7. The lowest BCUT2D eigenvalue weighted by Gasteiger charge is -2.15. The number of carbonyl (C=O) groups is 3. The van der Waals surface area contributed by atoms with E-state index in [-0.39, 0.29) is 17.7 Å². The normalized spacial score (nSPS) is 11.7. The van der Waals surface area contributed by atoms with E-state index >= 15 is 0 Å². The molecule has 0 radical (unpaired) electrons. The van der Waals surface area contributed by atoms with Gasteiger partial charge in [-0.2, -0.15) is 0 Å². The maximum absolute atomic E-state index is 12.0. The summed E-state index contributed by atoms with van der Waals surface area (Å²) >= 11 is 5.94.